The first kappa shape index (κ1) is 15.6. The second-order valence-corrected chi connectivity index (χ2v) is 5.78. The van der Waals surface area contributed by atoms with Crippen molar-refractivity contribution in [1.29, 1.82) is 0 Å². The van der Waals surface area contributed by atoms with Gasteiger partial charge in [-0.05, 0) is 37.2 Å². The van der Waals surface area contributed by atoms with E-state index in [0.29, 0.717) is 0 Å². The van der Waals surface area contributed by atoms with Gasteiger partial charge < -0.3 is 15.1 Å². The van der Waals surface area contributed by atoms with Gasteiger partial charge in [-0.2, -0.15) is 0 Å². The van der Waals surface area contributed by atoms with Gasteiger partial charge >= 0.3 is 0 Å². The molecule has 1 aliphatic rings. The van der Waals surface area contributed by atoms with Gasteiger partial charge in [-0.3, -0.25) is 0 Å². The third-order valence-corrected chi connectivity index (χ3v) is 4.32. The molecular weight excluding hydrogens is 270 g/mol. The lowest BCUT2D eigenvalue weighted by molar-refractivity contribution is 0.271. The number of nitrogens with one attached hydrogen (secondary N) is 1. The van der Waals surface area contributed by atoms with Crippen molar-refractivity contribution in [1.82, 2.24) is 10.2 Å². The lowest BCUT2D eigenvalue weighted by atomic mass is 10.1. The van der Waals surface area contributed by atoms with Crippen LogP contribution in [-0.4, -0.2) is 44.2 Å². The zero-order chi connectivity index (χ0) is 14.4. The second-order valence-electron chi connectivity index (χ2n) is 5.37. The average molecular weight is 296 g/mol. The van der Waals surface area contributed by atoms with Crippen LogP contribution in [0.3, 0.4) is 0 Å². The summed E-state index contributed by atoms with van der Waals surface area (Å²) < 4.78 is 0. The fraction of sp³-hybridized carbons (Fsp3) is 0.625. The molecule has 2 rings (SSSR count). The Hall–Kier alpha value is -0.770. The monoisotopic (exact) mass is 295 g/mol. The minimum Gasteiger partial charge on any atom is -0.369 e. The Morgan fingerprint density at radius 1 is 1.15 bits per heavy atom. The summed E-state index contributed by atoms with van der Waals surface area (Å²) in [6.07, 6.45) is 1.15. The Morgan fingerprint density at radius 2 is 1.90 bits per heavy atom. The quantitative estimate of drug-likeness (QED) is 0.814. The van der Waals surface area contributed by atoms with E-state index < -0.39 is 0 Å². The number of anilines is 1. The fourth-order valence-electron chi connectivity index (χ4n) is 2.60. The van der Waals surface area contributed by atoms with Crippen molar-refractivity contribution in [2.75, 3.05) is 44.2 Å². The summed E-state index contributed by atoms with van der Waals surface area (Å²) in [4.78, 5) is 4.92. The molecule has 1 aromatic carbocycles. The molecule has 112 valence electrons. The third kappa shape index (κ3) is 4.11. The molecule has 1 fully saturated rings. The summed E-state index contributed by atoms with van der Waals surface area (Å²) in [5, 5.41) is 4.28. The molecule has 1 aliphatic heterocycles. The number of hydrogen-bond acceptors (Lipinski definition) is 3. The molecule has 0 radical (unpaired) electrons. The lowest BCUT2D eigenvalue weighted by Crippen LogP contribution is -2.46. The number of nitrogens with zero attached hydrogens (tertiary/aromatic N) is 2. The largest absolute Gasteiger partial charge is 0.369 e. The Kier molecular flexibility index (Phi) is 6.14. The van der Waals surface area contributed by atoms with Gasteiger partial charge in [0, 0.05) is 43.4 Å². The van der Waals surface area contributed by atoms with Crippen molar-refractivity contribution in [2.45, 2.75) is 26.8 Å². The normalized spacial score (nSPS) is 16.6. The van der Waals surface area contributed by atoms with Crippen molar-refractivity contribution in [3.05, 3.63) is 28.8 Å². The van der Waals surface area contributed by atoms with Crippen LogP contribution < -0.4 is 10.2 Å². The predicted molar refractivity (Wildman–Crippen MR) is 87.8 cm³/mol. The molecule has 0 atom stereocenters. The van der Waals surface area contributed by atoms with Gasteiger partial charge in [0.15, 0.2) is 0 Å². The summed E-state index contributed by atoms with van der Waals surface area (Å²) >= 11 is 6.41. The molecule has 4 heteroatoms. The molecule has 0 aliphatic carbocycles. The highest BCUT2D eigenvalue weighted by atomic mass is 35.5. The van der Waals surface area contributed by atoms with Gasteiger partial charge in [0.05, 0.1) is 0 Å². The molecule has 1 N–H and O–H groups in total. The maximum absolute atomic E-state index is 6.41. The molecule has 0 bridgehead atoms. The number of likely N-dealkylation sites (N-methyl/N-ethyl adjacent to an activating group) is 1. The predicted octanol–water partition coefficient (Wildman–Crippen LogP) is 2.98. The van der Waals surface area contributed by atoms with E-state index in [1.165, 1.54) is 11.3 Å². The molecule has 0 spiro atoms. The Bertz CT molecular complexity index is 414. The Balaban J connectivity index is 1.95. The van der Waals surface area contributed by atoms with Gasteiger partial charge in [-0.25, -0.2) is 0 Å². The van der Waals surface area contributed by atoms with E-state index in [4.69, 9.17) is 11.6 Å². The van der Waals surface area contributed by atoms with Crippen LogP contribution in [0.4, 0.5) is 5.69 Å². The molecule has 1 saturated heterocycles. The van der Waals surface area contributed by atoms with E-state index in [0.717, 1.165) is 57.3 Å². The average Bonchev–Trinajstić information content (AvgIpc) is 2.49. The van der Waals surface area contributed by atoms with Gasteiger partial charge in [-0.1, -0.05) is 31.5 Å². The number of hydrogen-bond donors (Lipinski definition) is 1. The fourth-order valence-corrected chi connectivity index (χ4v) is 2.84. The Labute approximate surface area is 127 Å². The van der Waals surface area contributed by atoms with Gasteiger partial charge in [0.1, 0.15) is 0 Å². The molecule has 0 unspecified atom stereocenters. The van der Waals surface area contributed by atoms with E-state index in [1.807, 2.05) is 0 Å². The van der Waals surface area contributed by atoms with Crippen LogP contribution >= 0.6 is 11.6 Å². The highest BCUT2D eigenvalue weighted by Gasteiger charge is 2.16. The van der Waals surface area contributed by atoms with E-state index in [1.54, 1.807) is 0 Å². The van der Waals surface area contributed by atoms with Crippen LogP contribution in [0.5, 0.6) is 0 Å². The van der Waals surface area contributed by atoms with Crippen LogP contribution in [0.1, 0.15) is 25.8 Å². The first-order valence-electron chi connectivity index (χ1n) is 7.71. The minimum absolute atomic E-state index is 0.858. The molecule has 0 saturated carbocycles. The number of benzene rings is 1. The maximum atomic E-state index is 6.41. The van der Waals surface area contributed by atoms with Crippen molar-refractivity contribution in [2.24, 2.45) is 0 Å². The molecule has 1 aromatic rings. The van der Waals surface area contributed by atoms with E-state index >= 15 is 0 Å². The summed E-state index contributed by atoms with van der Waals surface area (Å²) in [7, 11) is 0. The van der Waals surface area contributed by atoms with E-state index in [2.05, 4.69) is 47.2 Å². The van der Waals surface area contributed by atoms with Crippen LogP contribution in [0.2, 0.25) is 5.02 Å². The standard InChI is InChI=1S/C16H26ClN3/c1-3-7-18-13-14-5-6-15(12-16(14)17)20-10-8-19(4-2)9-11-20/h5-6,12,18H,3-4,7-11,13H2,1-2H3. The topological polar surface area (TPSA) is 18.5 Å². The molecule has 0 amide bonds. The summed E-state index contributed by atoms with van der Waals surface area (Å²) in [6, 6.07) is 6.48. The maximum Gasteiger partial charge on any atom is 0.0471 e. The number of piperazine rings is 1. The molecule has 20 heavy (non-hydrogen) atoms. The van der Waals surface area contributed by atoms with Crippen molar-refractivity contribution < 1.29 is 0 Å². The first-order chi connectivity index (χ1) is 9.74. The van der Waals surface area contributed by atoms with E-state index in [9.17, 15) is 0 Å². The van der Waals surface area contributed by atoms with Crippen molar-refractivity contribution in [3.63, 3.8) is 0 Å². The van der Waals surface area contributed by atoms with Gasteiger partial charge in [0.25, 0.3) is 0 Å². The van der Waals surface area contributed by atoms with Gasteiger partial charge in [-0.15, -0.1) is 0 Å². The van der Waals surface area contributed by atoms with Crippen LogP contribution in [0.15, 0.2) is 18.2 Å². The number of halogens is 1. The molecule has 3 nitrogen and oxygen atoms in total. The molecule has 0 aromatic heterocycles. The molecule has 1 heterocycles. The van der Waals surface area contributed by atoms with Crippen LogP contribution in [0, 0.1) is 0 Å². The first-order valence-corrected chi connectivity index (χ1v) is 8.08. The molecular formula is C16H26ClN3. The SMILES string of the molecule is CCCNCc1ccc(N2CCN(CC)CC2)cc1Cl. The van der Waals surface area contributed by atoms with Crippen molar-refractivity contribution >= 4 is 17.3 Å². The second kappa shape index (κ2) is 7.87. The van der Waals surface area contributed by atoms with E-state index in [-0.39, 0.29) is 0 Å². The Morgan fingerprint density at radius 3 is 2.50 bits per heavy atom. The zero-order valence-corrected chi connectivity index (χ0v) is 13.4. The van der Waals surface area contributed by atoms with Crippen LogP contribution in [-0.2, 0) is 6.54 Å². The number of rotatable bonds is 6. The lowest BCUT2D eigenvalue weighted by Gasteiger charge is -2.35. The van der Waals surface area contributed by atoms with Gasteiger partial charge in [0.2, 0.25) is 0 Å². The highest BCUT2D eigenvalue weighted by molar-refractivity contribution is 6.31. The summed E-state index contributed by atoms with van der Waals surface area (Å²) in [5.74, 6) is 0. The van der Waals surface area contributed by atoms with Crippen LogP contribution in [0.25, 0.3) is 0 Å². The smallest absolute Gasteiger partial charge is 0.0471 e. The summed E-state index contributed by atoms with van der Waals surface area (Å²) in [6.45, 7) is 11.9. The van der Waals surface area contributed by atoms with Crippen molar-refractivity contribution in [3.8, 4) is 0 Å². The minimum atomic E-state index is 0.858. The summed E-state index contributed by atoms with van der Waals surface area (Å²) in [5.41, 5.74) is 2.45. The highest BCUT2D eigenvalue weighted by Crippen LogP contribution is 2.24. The zero-order valence-electron chi connectivity index (χ0n) is 12.7. The third-order valence-electron chi connectivity index (χ3n) is 3.96.